The van der Waals surface area contributed by atoms with Crippen LogP contribution in [0, 0.1) is 12.3 Å². The average Bonchev–Trinajstić information content (AvgIpc) is 2.65. The van der Waals surface area contributed by atoms with Gasteiger partial charge in [-0.25, -0.2) is 4.98 Å². The zero-order valence-corrected chi connectivity index (χ0v) is 9.85. The van der Waals surface area contributed by atoms with E-state index in [9.17, 15) is 5.11 Å². The summed E-state index contributed by atoms with van der Waals surface area (Å²) in [6.07, 6.45) is 2.93. The van der Waals surface area contributed by atoms with Gasteiger partial charge in [0.2, 0.25) is 0 Å². The van der Waals surface area contributed by atoms with Crippen LogP contribution in [0.1, 0.15) is 23.5 Å². The van der Waals surface area contributed by atoms with Gasteiger partial charge < -0.3 is 9.84 Å². The molecule has 0 amide bonds. The van der Waals surface area contributed by atoms with Crippen molar-refractivity contribution >= 4 is 11.3 Å². The first-order chi connectivity index (χ1) is 7.24. The summed E-state index contributed by atoms with van der Waals surface area (Å²) in [6.45, 7) is 3.71. The lowest BCUT2D eigenvalue weighted by Crippen LogP contribution is -2.37. The van der Waals surface area contributed by atoms with Gasteiger partial charge in [-0.1, -0.05) is 0 Å². The fourth-order valence-electron chi connectivity index (χ4n) is 2.10. The molecular formula is C11H17NO2S. The molecule has 0 spiro atoms. The van der Waals surface area contributed by atoms with Gasteiger partial charge in [0.1, 0.15) is 0 Å². The first-order valence-corrected chi connectivity index (χ1v) is 6.22. The minimum atomic E-state index is -0.0846. The highest BCUT2D eigenvalue weighted by atomic mass is 32.1. The van der Waals surface area contributed by atoms with Crippen LogP contribution in [0.5, 0.6) is 0 Å². The number of aliphatic hydroxyl groups excluding tert-OH is 1. The molecule has 1 saturated heterocycles. The zero-order chi connectivity index (χ0) is 10.7. The molecule has 0 radical (unpaired) electrons. The van der Waals surface area contributed by atoms with Gasteiger partial charge in [0.05, 0.1) is 23.9 Å². The first kappa shape index (κ1) is 11.0. The van der Waals surface area contributed by atoms with E-state index in [1.54, 1.807) is 11.3 Å². The second kappa shape index (κ2) is 4.60. The molecule has 0 bridgehead atoms. The van der Waals surface area contributed by atoms with Crippen LogP contribution in [0.3, 0.4) is 0 Å². The molecule has 1 aromatic rings. The van der Waals surface area contributed by atoms with Gasteiger partial charge in [-0.3, -0.25) is 0 Å². The number of nitrogens with zero attached hydrogens (tertiary/aromatic N) is 1. The SMILES string of the molecule is Cc1nc(CC2(CO)CCCOC2)cs1. The second-order valence-electron chi connectivity index (χ2n) is 4.35. The Kier molecular flexibility index (Phi) is 3.38. The standard InChI is InChI=1S/C11H17NO2S/c1-9-12-10(6-15-9)5-11(7-13)3-2-4-14-8-11/h6,13H,2-5,7-8H2,1H3. The summed E-state index contributed by atoms with van der Waals surface area (Å²) in [5.74, 6) is 0. The van der Waals surface area contributed by atoms with Gasteiger partial charge in [-0.05, 0) is 19.8 Å². The molecule has 3 nitrogen and oxygen atoms in total. The van der Waals surface area contributed by atoms with E-state index in [4.69, 9.17) is 4.74 Å². The largest absolute Gasteiger partial charge is 0.396 e. The van der Waals surface area contributed by atoms with E-state index in [2.05, 4.69) is 10.4 Å². The molecule has 1 aliphatic heterocycles. The van der Waals surface area contributed by atoms with Crippen LogP contribution < -0.4 is 0 Å². The van der Waals surface area contributed by atoms with E-state index in [1.165, 1.54) is 0 Å². The Labute approximate surface area is 94.1 Å². The van der Waals surface area contributed by atoms with Crippen molar-refractivity contribution in [3.05, 3.63) is 16.1 Å². The van der Waals surface area contributed by atoms with Gasteiger partial charge >= 0.3 is 0 Å². The minimum absolute atomic E-state index is 0.0846. The first-order valence-electron chi connectivity index (χ1n) is 5.34. The topological polar surface area (TPSA) is 42.4 Å². The van der Waals surface area contributed by atoms with Gasteiger partial charge in [0.15, 0.2) is 0 Å². The number of rotatable bonds is 3. The summed E-state index contributed by atoms with van der Waals surface area (Å²) >= 11 is 1.67. The van der Waals surface area contributed by atoms with Crippen molar-refractivity contribution in [2.75, 3.05) is 19.8 Å². The molecule has 1 fully saturated rings. The van der Waals surface area contributed by atoms with E-state index in [-0.39, 0.29) is 12.0 Å². The number of aryl methyl sites for hydroxylation is 1. The van der Waals surface area contributed by atoms with Crippen LogP contribution in [-0.2, 0) is 11.2 Å². The summed E-state index contributed by atoms with van der Waals surface area (Å²) in [5.41, 5.74) is 1.01. The van der Waals surface area contributed by atoms with Crippen molar-refractivity contribution in [3.8, 4) is 0 Å². The smallest absolute Gasteiger partial charge is 0.0897 e. The Morgan fingerprint density at radius 3 is 3.07 bits per heavy atom. The van der Waals surface area contributed by atoms with Crippen molar-refractivity contribution < 1.29 is 9.84 Å². The molecule has 0 saturated carbocycles. The number of aromatic nitrogens is 1. The summed E-state index contributed by atoms with van der Waals surface area (Å²) < 4.78 is 5.47. The maximum Gasteiger partial charge on any atom is 0.0897 e. The Morgan fingerprint density at radius 2 is 2.53 bits per heavy atom. The maximum absolute atomic E-state index is 9.51. The van der Waals surface area contributed by atoms with Crippen molar-refractivity contribution in [1.82, 2.24) is 4.98 Å². The van der Waals surface area contributed by atoms with Gasteiger partial charge in [-0.15, -0.1) is 11.3 Å². The molecule has 1 atom stereocenters. The molecule has 4 heteroatoms. The van der Waals surface area contributed by atoms with Crippen LogP contribution in [0.4, 0.5) is 0 Å². The molecule has 1 unspecified atom stereocenters. The summed E-state index contributed by atoms with van der Waals surface area (Å²) in [5, 5.41) is 12.7. The van der Waals surface area contributed by atoms with Crippen LogP contribution in [-0.4, -0.2) is 29.9 Å². The van der Waals surface area contributed by atoms with Gasteiger partial charge in [0, 0.05) is 23.8 Å². The number of thiazole rings is 1. The molecule has 0 aliphatic carbocycles. The molecule has 2 rings (SSSR count). The Morgan fingerprint density at radius 1 is 1.67 bits per heavy atom. The molecule has 15 heavy (non-hydrogen) atoms. The zero-order valence-electron chi connectivity index (χ0n) is 9.03. The lowest BCUT2D eigenvalue weighted by atomic mass is 9.79. The van der Waals surface area contributed by atoms with Crippen molar-refractivity contribution in [2.45, 2.75) is 26.2 Å². The van der Waals surface area contributed by atoms with E-state index >= 15 is 0 Å². The van der Waals surface area contributed by atoms with Crippen molar-refractivity contribution in [3.63, 3.8) is 0 Å². The molecule has 84 valence electrons. The fourth-order valence-corrected chi connectivity index (χ4v) is 2.72. The van der Waals surface area contributed by atoms with Gasteiger partial charge in [-0.2, -0.15) is 0 Å². The third kappa shape index (κ3) is 2.56. The summed E-state index contributed by atoms with van der Waals surface area (Å²) in [4.78, 5) is 4.45. The van der Waals surface area contributed by atoms with E-state index in [1.807, 2.05) is 6.92 Å². The highest BCUT2D eigenvalue weighted by Gasteiger charge is 2.33. The lowest BCUT2D eigenvalue weighted by Gasteiger charge is -2.34. The average molecular weight is 227 g/mol. The predicted molar refractivity (Wildman–Crippen MR) is 60.1 cm³/mol. The molecule has 2 heterocycles. The minimum Gasteiger partial charge on any atom is -0.396 e. The second-order valence-corrected chi connectivity index (χ2v) is 5.41. The van der Waals surface area contributed by atoms with E-state index < -0.39 is 0 Å². The van der Waals surface area contributed by atoms with Gasteiger partial charge in [0.25, 0.3) is 0 Å². The fraction of sp³-hybridized carbons (Fsp3) is 0.727. The third-order valence-electron chi connectivity index (χ3n) is 2.96. The maximum atomic E-state index is 9.51. The Balaban J connectivity index is 2.06. The molecule has 1 aromatic heterocycles. The van der Waals surface area contributed by atoms with Crippen LogP contribution >= 0.6 is 11.3 Å². The highest BCUT2D eigenvalue weighted by Crippen LogP contribution is 2.32. The van der Waals surface area contributed by atoms with Crippen molar-refractivity contribution in [2.24, 2.45) is 5.41 Å². The summed E-state index contributed by atoms with van der Waals surface area (Å²) in [7, 11) is 0. The molecular weight excluding hydrogens is 210 g/mol. The van der Waals surface area contributed by atoms with Crippen molar-refractivity contribution in [1.29, 1.82) is 0 Å². The number of hydrogen-bond donors (Lipinski definition) is 1. The van der Waals surface area contributed by atoms with E-state index in [0.29, 0.717) is 6.61 Å². The Bertz CT molecular complexity index is 318. The normalized spacial score (nSPS) is 26.8. The lowest BCUT2D eigenvalue weighted by molar-refractivity contribution is -0.0383. The molecule has 1 aliphatic rings. The monoisotopic (exact) mass is 227 g/mol. The number of hydrogen-bond acceptors (Lipinski definition) is 4. The molecule has 0 aromatic carbocycles. The quantitative estimate of drug-likeness (QED) is 0.856. The Hall–Kier alpha value is -0.450. The molecule has 1 N–H and O–H groups in total. The van der Waals surface area contributed by atoms with E-state index in [0.717, 1.165) is 36.6 Å². The third-order valence-corrected chi connectivity index (χ3v) is 3.78. The number of ether oxygens (including phenoxy) is 1. The van der Waals surface area contributed by atoms with Crippen LogP contribution in [0.25, 0.3) is 0 Å². The number of aliphatic hydroxyl groups is 1. The van der Waals surface area contributed by atoms with Crippen LogP contribution in [0.2, 0.25) is 0 Å². The highest BCUT2D eigenvalue weighted by molar-refractivity contribution is 7.09. The summed E-state index contributed by atoms with van der Waals surface area (Å²) in [6, 6.07) is 0. The predicted octanol–water partition coefficient (Wildman–Crippen LogP) is 1.78. The van der Waals surface area contributed by atoms with Crippen LogP contribution in [0.15, 0.2) is 5.38 Å².